The van der Waals surface area contributed by atoms with Gasteiger partial charge in [0, 0.05) is 12.0 Å². The molecule has 0 N–H and O–H groups in total. The van der Waals surface area contributed by atoms with E-state index >= 15 is 0 Å². The minimum atomic E-state index is -0.509. The van der Waals surface area contributed by atoms with Crippen LogP contribution in [-0.4, -0.2) is 32.1 Å². The van der Waals surface area contributed by atoms with Gasteiger partial charge in [0.25, 0.3) is 0 Å². The Hall–Kier alpha value is -2.14. The van der Waals surface area contributed by atoms with Gasteiger partial charge in [-0.2, -0.15) is 0 Å². The molecule has 0 saturated carbocycles. The van der Waals surface area contributed by atoms with Gasteiger partial charge in [0.1, 0.15) is 19.0 Å². The number of carbonyl (C=O) groups excluding carboxylic acids is 2. The minimum absolute atomic E-state index is 0.162. The second kappa shape index (κ2) is 8.92. The van der Waals surface area contributed by atoms with Crippen molar-refractivity contribution < 1.29 is 23.8 Å². The molecule has 0 unspecified atom stereocenters. The molecule has 1 aromatic carbocycles. The van der Waals surface area contributed by atoms with E-state index in [1.54, 1.807) is 24.3 Å². The molecule has 0 aliphatic heterocycles. The van der Waals surface area contributed by atoms with Crippen molar-refractivity contribution in [2.24, 2.45) is 0 Å². The molecule has 0 radical (unpaired) electrons. The summed E-state index contributed by atoms with van der Waals surface area (Å²) in [5.74, 6) is 0.838. The van der Waals surface area contributed by atoms with E-state index in [1.165, 1.54) is 7.11 Å². The normalized spacial score (nSPS) is 11.1. The van der Waals surface area contributed by atoms with Crippen molar-refractivity contribution >= 4 is 11.8 Å². The first-order chi connectivity index (χ1) is 10.1. The third-order valence-electron chi connectivity index (χ3n) is 2.78. The highest BCUT2D eigenvalue weighted by atomic mass is 16.6. The van der Waals surface area contributed by atoms with Gasteiger partial charge in [-0.1, -0.05) is 6.92 Å². The van der Waals surface area contributed by atoms with Crippen molar-refractivity contribution in [1.82, 2.24) is 0 Å². The fourth-order valence-electron chi connectivity index (χ4n) is 1.56. The van der Waals surface area contributed by atoms with Gasteiger partial charge in [-0.3, -0.25) is 4.79 Å². The minimum Gasteiger partial charge on any atom is -0.467 e. The lowest BCUT2D eigenvalue weighted by molar-refractivity contribution is -0.145. The van der Waals surface area contributed by atoms with Crippen LogP contribution < -0.4 is 4.74 Å². The molecule has 0 saturated heterocycles. The largest absolute Gasteiger partial charge is 0.467 e. The van der Waals surface area contributed by atoms with Gasteiger partial charge >= 0.3 is 5.97 Å². The first-order valence-corrected chi connectivity index (χ1v) is 6.71. The number of ketones is 1. The van der Waals surface area contributed by atoms with Crippen LogP contribution in [0.2, 0.25) is 0 Å². The number of allylic oxidation sites excluding steroid dienone is 2. The molecule has 1 rings (SSSR count). The average molecular weight is 292 g/mol. The Kier molecular flexibility index (Phi) is 7.18. The predicted octanol–water partition coefficient (Wildman–Crippen LogP) is 2.75. The molecule has 0 atom stereocenters. The average Bonchev–Trinajstić information content (AvgIpc) is 2.52. The van der Waals surface area contributed by atoms with Crippen molar-refractivity contribution in [2.45, 2.75) is 20.3 Å². The van der Waals surface area contributed by atoms with Crippen molar-refractivity contribution in [3.63, 3.8) is 0 Å². The summed E-state index contributed by atoms with van der Waals surface area (Å²) in [6, 6.07) is 6.80. The van der Waals surface area contributed by atoms with E-state index < -0.39 is 5.97 Å². The van der Waals surface area contributed by atoms with Crippen LogP contribution in [0.15, 0.2) is 36.1 Å². The van der Waals surface area contributed by atoms with Crippen molar-refractivity contribution in [1.29, 1.82) is 0 Å². The maximum absolute atomic E-state index is 11.8. The summed E-state index contributed by atoms with van der Waals surface area (Å²) < 4.78 is 15.0. The highest BCUT2D eigenvalue weighted by Crippen LogP contribution is 2.17. The van der Waals surface area contributed by atoms with E-state index in [-0.39, 0.29) is 19.0 Å². The van der Waals surface area contributed by atoms with Crippen molar-refractivity contribution in [2.75, 3.05) is 20.3 Å². The molecule has 0 aliphatic carbocycles. The first-order valence-electron chi connectivity index (χ1n) is 6.71. The van der Waals surface area contributed by atoms with Gasteiger partial charge in [-0.05, 0) is 37.3 Å². The fraction of sp³-hybridized carbons (Fsp3) is 0.375. The van der Waals surface area contributed by atoms with Gasteiger partial charge < -0.3 is 14.2 Å². The second-order valence-electron chi connectivity index (χ2n) is 4.23. The van der Waals surface area contributed by atoms with E-state index in [4.69, 9.17) is 9.47 Å². The summed E-state index contributed by atoms with van der Waals surface area (Å²) in [5, 5.41) is 0. The predicted molar refractivity (Wildman–Crippen MR) is 78.3 cm³/mol. The van der Waals surface area contributed by atoms with E-state index in [2.05, 4.69) is 4.74 Å². The lowest BCUT2D eigenvalue weighted by Gasteiger charge is -2.08. The van der Waals surface area contributed by atoms with Crippen molar-refractivity contribution in [3.05, 3.63) is 41.7 Å². The Balaban J connectivity index is 2.53. The van der Waals surface area contributed by atoms with Gasteiger partial charge in [0.2, 0.25) is 0 Å². The molecule has 0 heterocycles. The maximum Gasteiger partial charge on any atom is 0.331 e. The smallest absolute Gasteiger partial charge is 0.331 e. The summed E-state index contributed by atoms with van der Waals surface area (Å²) in [6.45, 7) is 3.52. The number of methoxy groups -OCH3 is 1. The Morgan fingerprint density at radius 1 is 1.14 bits per heavy atom. The SMILES string of the molecule is CC=C(CC)Oc1ccc(C(=O)COCC(=O)OC)cc1. The fourth-order valence-corrected chi connectivity index (χ4v) is 1.56. The second-order valence-corrected chi connectivity index (χ2v) is 4.23. The third-order valence-corrected chi connectivity index (χ3v) is 2.78. The molecule has 1 aromatic rings. The molecule has 0 bridgehead atoms. The zero-order chi connectivity index (χ0) is 15.7. The third kappa shape index (κ3) is 5.79. The van der Waals surface area contributed by atoms with Crippen LogP contribution in [0.3, 0.4) is 0 Å². The van der Waals surface area contributed by atoms with Crippen molar-refractivity contribution in [3.8, 4) is 5.75 Å². The number of Topliss-reactive ketones (excluding diaryl/α,β-unsaturated/α-hetero) is 1. The molecule has 21 heavy (non-hydrogen) atoms. The van der Waals surface area contributed by atoms with Gasteiger partial charge in [-0.15, -0.1) is 0 Å². The van der Waals surface area contributed by atoms with E-state index in [9.17, 15) is 9.59 Å². The van der Waals surface area contributed by atoms with Crippen LogP contribution in [0.4, 0.5) is 0 Å². The van der Waals surface area contributed by atoms with Crippen LogP contribution in [0.5, 0.6) is 5.75 Å². The van der Waals surface area contributed by atoms with Crippen LogP contribution in [0.1, 0.15) is 30.6 Å². The standard InChI is InChI=1S/C16H20O5/c1-4-13(5-2)21-14-8-6-12(7-9-14)15(17)10-20-11-16(18)19-3/h4,6-9H,5,10-11H2,1-3H3. The Morgan fingerprint density at radius 3 is 2.33 bits per heavy atom. The topological polar surface area (TPSA) is 61.8 Å². The molecule has 5 heteroatoms. The number of esters is 1. The maximum atomic E-state index is 11.8. The first kappa shape index (κ1) is 16.9. The van der Waals surface area contributed by atoms with Crippen LogP contribution in [0, 0.1) is 0 Å². The van der Waals surface area contributed by atoms with E-state index in [0.29, 0.717) is 11.3 Å². The monoisotopic (exact) mass is 292 g/mol. The van der Waals surface area contributed by atoms with Crippen LogP contribution >= 0.6 is 0 Å². The van der Waals surface area contributed by atoms with Gasteiger partial charge in [0.15, 0.2) is 5.78 Å². The summed E-state index contributed by atoms with van der Waals surface area (Å²) in [4.78, 5) is 22.7. The summed E-state index contributed by atoms with van der Waals surface area (Å²) >= 11 is 0. The van der Waals surface area contributed by atoms with E-state index in [1.807, 2.05) is 19.9 Å². The molecule has 0 spiro atoms. The summed E-state index contributed by atoms with van der Waals surface area (Å²) in [7, 11) is 1.27. The van der Waals surface area contributed by atoms with Crippen LogP contribution in [0.25, 0.3) is 0 Å². The zero-order valence-electron chi connectivity index (χ0n) is 12.5. The Labute approximate surface area is 124 Å². The molecule has 0 aliphatic rings. The number of rotatable bonds is 8. The highest BCUT2D eigenvalue weighted by Gasteiger charge is 2.08. The molecule has 114 valence electrons. The molecule has 0 amide bonds. The Morgan fingerprint density at radius 2 is 1.81 bits per heavy atom. The summed E-state index contributed by atoms with van der Waals surface area (Å²) in [6.07, 6.45) is 2.71. The number of carbonyl (C=O) groups is 2. The zero-order valence-corrected chi connectivity index (χ0v) is 12.5. The molecule has 0 aromatic heterocycles. The molecular formula is C16H20O5. The lowest BCUT2D eigenvalue weighted by atomic mass is 10.1. The quantitative estimate of drug-likeness (QED) is 0.419. The van der Waals surface area contributed by atoms with E-state index in [0.717, 1.165) is 12.2 Å². The number of ether oxygens (including phenoxy) is 3. The molecule has 0 fully saturated rings. The summed E-state index contributed by atoms with van der Waals surface area (Å²) in [5.41, 5.74) is 0.505. The van der Waals surface area contributed by atoms with Gasteiger partial charge in [0.05, 0.1) is 12.9 Å². The molecular weight excluding hydrogens is 272 g/mol. The highest BCUT2D eigenvalue weighted by molar-refractivity contribution is 5.97. The van der Waals surface area contributed by atoms with Gasteiger partial charge in [-0.25, -0.2) is 4.79 Å². The number of hydrogen-bond donors (Lipinski definition) is 0. The molecule has 5 nitrogen and oxygen atoms in total. The van der Waals surface area contributed by atoms with Crippen LogP contribution in [-0.2, 0) is 14.3 Å². The Bertz CT molecular complexity index is 502. The lowest BCUT2D eigenvalue weighted by Crippen LogP contribution is -2.15. The number of benzene rings is 1. The number of hydrogen-bond acceptors (Lipinski definition) is 5.